The van der Waals surface area contributed by atoms with Gasteiger partial charge >= 0.3 is 16.1 Å². The molecule has 0 radical (unpaired) electrons. The van der Waals surface area contributed by atoms with Crippen molar-refractivity contribution in [2.75, 3.05) is 0 Å². The van der Waals surface area contributed by atoms with Gasteiger partial charge in [-0.3, -0.25) is 0 Å². The van der Waals surface area contributed by atoms with Gasteiger partial charge in [-0.2, -0.15) is 8.42 Å². The van der Waals surface area contributed by atoms with Crippen LogP contribution in [-0.4, -0.2) is 24.5 Å². The van der Waals surface area contributed by atoms with Gasteiger partial charge in [0.25, 0.3) is 0 Å². The molecule has 8 heteroatoms. The topological polar surface area (TPSA) is 103 Å². The molecular weight excluding hydrogens is 358 g/mol. The summed E-state index contributed by atoms with van der Waals surface area (Å²) in [5.41, 5.74) is 0.967. The van der Waals surface area contributed by atoms with Crippen LogP contribution < -0.4 is 8.92 Å². The smallest absolute Gasteiger partial charge is 0.358 e. The van der Waals surface area contributed by atoms with Crippen LogP contribution in [0.1, 0.15) is 21.6 Å². The van der Waals surface area contributed by atoms with Crippen LogP contribution in [0.4, 0.5) is 0 Å². The Bertz CT molecular complexity index is 1150. The molecule has 7 rings (SSSR count). The quantitative estimate of drug-likeness (QED) is 0.656. The molecule has 4 aliphatic rings. The predicted octanol–water partition coefficient (Wildman–Crippen LogP) is 2.90. The summed E-state index contributed by atoms with van der Waals surface area (Å²) in [5.74, 6) is -1.28. The number of hydrogen-bond acceptors (Lipinski definition) is 6. The highest BCUT2D eigenvalue weighted by Gasteiger charge is 2.27. The number of aromatic carboxylic acids is 1. The molecule has 1 N–H and O–H groups in total. The Morgan fingerprint density at radius 3 is 2.58 bits per heavy atom. The Balaban J connectivity index is 2.10. The lowest BCUT2D eigenvalue weighted by Crippen LogP contribution is -2.15. The number of aromatic nitrogens is 1. The first-order valence-electron chi connectivity index (χ1n) is 7.69. The van der Waals surface area contributed by atoms with E-state index in [1.165, 1.54) is 12.1 Å². The van der Waals surface area contributed by atoms with Crippen molar-refractivity contribution in [1.82, 2.24) is 4.98 Å². The first kappa shape index (κ1) is 16.3. The number of carboxylic acids is 1. The Morgan fingerprint density at radius 1 is 1.15 bits per heavy atom. The van der Waals surface area contributed by atoms with Crippen LogP contribution >= 0.6 is 0 Å². The minimum atomic E-state index is -4.21. The molecule has 0 fully saturated rings. The maximum absolute atomic E-state index is 12.6. The third-order valence-electron chi connectivity index (χ3n) is 4.18. The second-order valence-corrected chi connectivity index (χ2v) is 7.39. The van der Waals surface area contributed by atoms with E-state index in [9.17, 15) is 18.3 Å². The average molecular weight is 371 g/mol. The van der Waals surface area contributed by atoms with E-state index >= 15 is 0 Å². The van der Waals surface area contributed by atoms with Gasteiger partial charge in [-0.1, -0.05) is 24.3 Å². The zero-order valence-corrected chi connectivity index (χ0v) is 14.4. The lowest BCUT2D eigenvalue weighted by Gasteiger charge is -2.14. The second kappa shape index (κ2) is 5.70. The average Bonchev–Trinajstić information content (AvgIpc) is 2.63. The molecule has 3 aromatic rings. The molecule has 6 bridgehead atoms. The van der Waals surface area contributed by atoms with Crippen LogP contribution in [0, 0.1) is 6.92 Å². The van der Waals surface area contributed by atoms with Crippen molar-refractivity contribution in [1.29, 1.82) is 0 Å². The minimum absolute atomic E-state index is 0.0805. The summed E-state index contributed by atoms with van der Waals surface area (Å²) in [5, 5.41) is 10.1. The number of para-hydroxylation sites is 1. The Morgan fingerprint density at radius 2 is 1.88 bits per heavy atom. The molecular formula is C18H13NO6S. The van der Waals surface area contributed by atoms with E-state index in [2.05, 4.69) is 4.98 Å². The van der Waals surface area contributed by atoms with Crippen molar-refractivity contribution in [3.05, 3.63) is 59.3 Å². The van der Waals surface area contributed by atoms with Gasteiger partial charge in [0, 0.05) is 10.9 Å². The largest absolute Gasteiger partial charge is 0.487 e. The summed E-state index contributed by atoms with van der Waals surface area (Å²) in [4.78, 5) is 15.7. The van der Waals surface area contributed by atoms with Gasteiger partial charge in [0.1, 0.15) is 22.8 Å². The molecule has 26 heavy (non-hydrogen) atoms. The molecule has 0 saturated heterocycles. The maximum Gasteiger partial charge on any atom is 0.358 e. The van der Waals surface area contributed by atoms with Crippen molar-refractivity contribution in [2.24, 2.45) is 0 Å². The van der Waals surface area contributed by atoms with E-state index in [-0.39, 0.29) is 17.3 Å². The molecule has 5 heterocycles. The third kappa shape index (κ3) is 2.55. The number of pyridine rings is 1. The monoisotopic (exact) mass is 371 g/mol. The number of hydrogen-bond donors (Lipinski definition) is 1. The van der Waals surface area contributed by atoms with Crippen LogP contribution in [0.5, 0.6) is 11.5 Å². The number of ether oxygens (including phenoxy) is 1. The van der Waals surface area contributed by atoms with Gasteiger partial charge in [0.15, 0.2) is 11.4 Å². The molecule has 1 aromatic heterocycles. The molecule has 0 aliphatic carbocycles. The van der Waals surface area contributed by atoms with E-state index in [0.717, 1.165) is 5.56 Å². The van der Waals surface area contributed by atoms with Crippen LogP contribution in [0.3, 0.4) is 0 Å². The summed E-state index contributed by atoms with van der Waals surface area (Å²) < 4.78 is 36.2. The number of aryl methyl sites for hydroxylation is 1. The SMILES string of the molecule is Cc1c2c(C(=O)O)nc3c(cccc13)OCc1ccc(cc1)S(=O)(=O)O2. The molecule has 0 unspecified atom stereocenters. The van der Waals surface area contributed by atoms with Crippen molar-refractivity contribution in [3.63, 3.8) is 0 Å². The third-order valence-corrected chi connectivity index (χ3v) is 5.42. The summed E-state index contributed by atoms with van der Waals surface area (Å²) >= 11 is 0. The van der Waals surface area contributed by atoms with Gasteiger partial charge in [-0.25, -0.2) is 9.78 Å². The molecule has 132 valence electrons. The number of carbonyl (C=O) groups is 1. The van der Waals surface area contributed by atoms with Gasteiger partial charge in [0.05, 0.1) is 0 Å². The molecule has 0 atom stereocenters. The first-order valence-corrected chi connectivity index (χ1v) is 9.10. The van der Waals surface area contributed by atoms with Crippen molar-refractivity contribution in [3.8, 4) is 11.5 Å². The molecule has 7 nitrogen and oxygen atoms in total. The van der Waals surface area contributed by atoms with Crippen molar-refractivity contribution < 1.29 is 27.2 Å². The van der Waals surface area contributed by atoms with Gasteiger partial charge in [0.2, 0.25) is 0 Å². The summed E-state index contributed by atoms with van der Waals surface area (Å²) in [6.07, 6.45) is 0. The lowest BCUT2D eigenvalue weighted by atomic mass is 10.1. The zero-order chi connectivity index (χ0) is 18.5. The maximum atomic E-state index is 12.6. The fourth-order valence-electron chi connectivity index (χ4n) is 2.84. The first-order chi connectivity index (χ1) is 12.4. The van der Waals surface area contributed by atoms with Crippen molar-refractivity contribution in [2.45, 2.75) is 18.4 Å². The highest BCUT2D eigenvalue weighted by molar-refractivity contribution is 7.87. The van der Waals surface area contributed by atoms with E-state index in [4.69, 9.17) is 8.92 Å². The summed E-state index contributed by atoms with van der Waals surface area (Å²) in [6, 6.07) is 11.1. The number of carboxylic acid groups (broad SMARTS) is 1. The van der Waals surface area contributed by atoms with Crippen LogP contribution in [-0.2, 0) is 16.7 Å². The van der Waals surface area contributed by atoms with Gasteiger partial charge in [-0.15, -0.1) is 0 Å². The highest BCUT2D eigenvalue weighted by Crippen LogP contribution is 2.36. The standard InChI is InChI=1S/C18H13NO6S/c1-10-13-3-2-4-14-15(13)19-16(18(20)21)17(10)25-26(22,23)12-7-5-11(6-8-12)9-24-14/h2-8H,9H2,1H3,(H,20,21). The molecule has 0 spiro atoms. The summed E-state index contributed by atoms with van der Waals surface area (Å²) in [6.45, 7) is 1.78. The van der Waals surface area contributed by atoms with E-state index < -0.39 is 21.8 Å². The van der Waals surface area contributed by atoms with E-state index in [1.54, 1.807) is 37.3 Å². The summed E-state index contributed by atoms with van der Waals surface area (Å²) in [7, 11) is -4.21. The fourth-order valence-corrected chi connectivity index (χ4v) is 3.83. The zero-order valence-electron chi connectivity index (χ0n) is 13.6. The normalized spacial score (nSPS) is 15.0. The van der Waals surface area contributed by atoms with E-state index in [0.29, 0.717) is 22.2 Å². The lowest BCUT2D eigenvalue weighted by molar-refractivity contribution is 0.0689. The van der Waals surface area contributed by atoms with Crippen molar-refractivity contribution >= 4 is 27.0 Å². The molecule has 0 saturated carbocycles. The van der Waals surface area contributed by atoms with Crippen LogP contribution in [0.15, 0.2) is 47.4 Å². The Kier molecular flexibility index (Phi) is 3.58. The van der Waals surface area contributed by atoms with Crippen LogP contribution in [0.25, 0.3) is 10.9 Å². The van der Waals surface area contributed by atoms with E-state index in [1.807, 2.05) is 0 Å². The number of nitrogens with zero attached hydrogens (tertiary/aromatic N) is 1. The van der Waals surface area contributed by atoms with Gasteiger partial charge < -0.3 is 14.0 Å². The minimum Gasteiger partial charge on any atom is -0.487 e. The Hall–Kier alpha value is -3.13. The highest BCUT2D eigenvalue weighted by atomic mass is 32.2. The number of rotatable bonds is 1. The fraction of sp³-hybridized carbons (Fsp3) is 0.111. The van der Waals surface area contributed by atoms with Gasteiger partial charge in [-0.05, 0) is 30.7 Å². The molecule has 4 aliphatic heterocycles. The van der Waals surface area contributed by atoms with Crippen LogP contribution in [0.2, 0.25) is 0 Å². The second-order valence-electron chi connectivity index (χ2n) is 5.84. The number of benzene rings is 2. The molecule has 2 aromatic carbocycles. The predicted molar refractivity (Wildman–Crippen MR) is 92.0 cm³/mol. The molecule has 0 amide bonds. The Labute approximate surface area is 148 Å².